The molecule has 1 aliphatic rings. The van der Waals surface area contributed by atoms with Crippen molar-refractivity contribution >= 4 is 23.5 Å². The maximum absolute atomic E-state index is 11.8. The van der Waals surface area contributed by atoms with Crippen molar-refractivity contribution in [3.63, 3.8) is 0 Å². The van der Waals surface area contributed by atoms with E-state index in [1.807, 2.05) is 6.92 Å². The number of aliphatic carboxylic acids is 1. The number of benzene rings is 1. The molecule has 1 amide bonds. The van der Waals surface area contributed by atoms with Crippen molar-refractivity contribution in [2.75, 3.05) is 6.61 Å². The van der Waals surface area contributed by atoms with Crippen molar-refractivity contribution in [1.29, 1.82) is 0 Å². The lowest BCUT2D eigenvalue weighted by atomic mass is 10.1. The van der Waals surface area contributed by atoms with E-state index in [-0.39, 0.29) is 18.6 Å². The van der Waals surface area contributed by atoms with E-state index in [1.165, 1.54) is 0 Å². The Bertz CT molecular complexity index is 585. The van der Waals surface area contributed by atoms with E-state index in [0.717, 1.165) is 5.56 Å². The fraction of sp³-hybridized carbons (Fsp3) is 0.333. The second-order valence-electron chi connectivity index (χ2n) is 4.94. The van der Waals surface area contributed by atoms with E-state index in [9.17, 15) is 9.59 Å². The Hall–Kier alpha value is -2.01. The summed E-state index contributed by atoms with van der Waals surface area (Å²) in [5.74, 6) is -1.13. The number of hydrogen-bond donors (Lipinski definition) is 2. The van der Waals surface area contributed by atoms with Gasteiger partial charge in [-0.05, 0) is 37.1 Å². The Labute approximate surface area is 127 Å². The van der Waals surface area contributed by atoms with Gasteiger partial charge in [0, 0.05) is 11.1 Å². The Morgan fingerprint density at radius 1 is 1.43 bits per heavy atom. The van der Waals surface area contributed by atoms with Gasteiger partial charge in [-0.2, -0.15) is 0 Å². The van der Waals surface area contributed by atoms with E-state index in [2.05, 4.69) is 5.32 Å². The monoisotopic (exact) mass is 309 g/mol. The minimum atomic E-state index is -0.879. The van der Waals surface area contributed by atoms with Gasteiger partial charge in [0.15, 0.2) is 6.61 Å². The SMILES string of the molecule is Cc1cc(OCC(=O)NC2C=CC(C(=O)O)C2)ccc1Cl. The molecule has 0 fully saturated rings. The van der Waals surface area contributed by atoms with Crippen molar-refractivity contribution < 1.29 is 19.4 Å². The molecular weight excluding hydrogens is 294 g/mol. The summed E-state index contributed by atoms with van der Waals surface area (Å²) in [6, 6.07) is 4.90. The molecule has 0 bridgehead atoms. The van der Waals surface area contributed by atoms with Crippen molar-refractivity contribution in [2.45, 2.75) is 19.4 Å². The first-order valence-electron chi connectivity index (χ1n) is 6.55. The molecule has 0 spiro atoms. The van der Waals surface area contributed by atoms with Crippen molar-refractivity contribution in [1.82, 2.24) is 5.32 Å². The molecule has 2 atom stereocenters. The predicted molar refractivity (Wildman–Crippen MR) is 78.5 cm³/mol. The lowest BCUT2D eigenvalue weighted by Crippen LogP contribution is -2.36. The Balaban J connectivity index is 1.79. The summed E-state index contributed by atoms with van der Waals surface area (Å²) in [5, 5.41) is 12.2. The lowest BCUT2D eigenvalue weighted by Gasteiger charge is -2.13. The summed E-state index contributed by atoms with van der Waals surface area (Å²) in [4.78, 5) is 22.6. The topological polar surface area (TPSA) is 75.6 Å². The summed E-state index contributed by atoms with van der Waals surface area (Å²) in [6.07, 6.45) is 3.67. The van der Waals surface area contributed by atoms with E-state index in [1.54, 1.807) is 30.4 Å². The number of rotatable bonds is 5. The van der Waals surface area contributed by atoms with Crippen LogP contribution in [0.15, 0.2) is 30.4 Å². The number of ether oxygens (including phenoxy) is 1. The highest BCUT2D eigenvalue weighted by molar-refractivity contribution is 6.31. The average Bonchev–Trinajstić information content (AvgIpc) is 2.89. The highest BCUT2D eigenvalue weighted by Gasteiger charge is 2.25. The van der Waals surface area contributed by atoms with Crippen LogP contribution in [0.2, 0.25) is 5.02 Å². The molecule has 0 aromatic heterocycles. The second kappa shape index (κ2) is 6.63. The Morgan fingerprint density at radius 3 is 2.81 bits per heavy atom. The molecule has 1 aromatic carbocycles. The number of carboxylic acids is 1. The van der Waals surface area contributed by atoms with Crippen LogP contribution in [0, 0.1) is 12.8 Å². The van der Waals surface area contributed by atoms with Gasteiger partial charge in [0.25, 0.3) is 5.91 Å². The van der Waals surface area contributed by atoms with E-state index in [4.69, 9.17) is 21.4 Å². The highest BCUT2D eigenvalue weighted by Crippen LogP contribution is 2.21. The smallest absolute Gasteiger partial charge is 0.310 e. The first kappa shape index (κ1) is 15.4. The maximum Gasteiger partial charge on any atom is 0.310 e. The Kier molecular flexibility index (Phi) is 4.85. The van der Waals surface area contributed by atoms with Crippen LogP contribution in [0.1, 0.15) is 12.0 Å². The van der Waals surface area contributed by atoms with Gasteiger partial charge in [-0.1, -0.05) is 23.8 Å². The number of carboxylic acid groups (broad SMARTS) is 1. The molecule has 21 heavy (non-hydrogen) atoms. The van der Waals surface area contributed by atoms with E-state index >= 15 is 0 Å². The molecule has 0 radical (unpaired) electrons. The zero-order valence-electron chi connectivity index (χ0n) is 11.5. The van der Waals surface area contributed by atoms with Crippen LogP contribution in [0.25, 0.3) is 0 Å². The molecule has 1 aliphatic carbocycles. The fourth-order valence-corrected chi connectivity index (χ4v) is 2.21. The summed E-state index contributed by atoms with van der Waals surface area (Å²) >= 11 is 5.91. The second-order valence-corrected chi connectivity index (χ2v) is 5.35. The van der Waals surface area contributed by atoms with Gasteiger partial charge in [0.05, 0.1) is 5.92 Å². The van der Waals surface area contributed by atoms with Gasteiger partial charge < -0.3 is 15.2 Å². The van der Waals surface area contributed by atoms with Crippen LogP contribution < -0.4 is 10.1 Å². The molecule has 5 nitrogen and oxygen atoms in total. The third-order valence-electron chi connectivity index (χ3n) is 3.25. The van der Waals surface area contributed by atoms with Crippen LogP contribution in [-0.4, -0.2) is 29.6 Å². The minimum Gasteiger partial charge on any atom is -0.484 e. The first-order valence-corrected chi connectivity index (χ1v) is 6.93. The standard InChI is InChI=1S/C15H16ClNO4/c1-9-6-12(4-5-13(9)16)21-8-14(18)17-11-3-2-10(7-11)15(19)20/h2-6,10-11H,7-8H2,1H3,(H,17,18)(H,19,20). The minimum absolute atomic E-state index is 0.122. The normalized spacial score (nSPS) is 20.3. The molecule has 0 heterocycles. The van der Waals surface area contributed by atoms with Crippen LogP contribution in [-0.2, 0) is 9.59 Å². The first-order chi connectivity index (χ1) is 9.95. The molecule has 0 aliphatic heterocycles. The summed E-state index contributed by atoms with van der Waals surface area (Å²) in [5.41, 5.74) is 0.873. The van der Waals surface area contributed by atoms with Gasteiger partial charge in [-0.15, -0.1) is 0 Å². The van der Waals surface area contributed by atoms with Gasteiger partial charge in [-0.25, -0.2) is 0 Å². The zero-order chi connectivity index (χ0) is 15.4. The molecule has 6 heteroatoms. The number of aryl methyl sites for hydroxylation is 1. The van der Waals surface area contributed by atoms with Crippen LogP contribution in [0.5, 0.6) is 5.75 Å². The van der Waals surface area contributed by atoms with Gasteiger partial charge in [0.1, 0.15) is 5.75 Å². The number of nitrogens with one attached hydrogen (secondary N) is 1. The molecule has 2 unspecified atom stereocenters. The number of carbonyl (C=O) groups excluding carboxylic acids is 1. The van der Waals surface area contributed by atoms with Crippen LogP contribution in [0.3, 0.4) is 0 Å². The number of amides is 1. The molecule has 112 valence electrons. The van der Waals surface area contributed by atoms with E-state index in [0.29, 0.717) is 17.2 Å². The van der Waals surface area contributed by atoms with Gasteiger partial charge >= 0.3 is 5.97 Å². The molecule has 2 rings (SSSR count). The quantitative estimate of drug-likeness (QED) is 0.817. The predicted octanol–water partition coefficient (Wildman–Crippen LogP) is 2.17. The number of hydrogen-bond acceptors (Lipinski definition) is 3. The third kappa shape index (κ3) is 4.23. The fourth-order valence-electron chi connectivity index (χ4n) is 2.09. The highest BCUT2D eigenvalue weighted by atomic mass is 35.5. The average molecular weight is 310 g/mol. The van der Waals surface area contributed by atoms with Crippen molar-refractivity contribution in [3.8, 4) is 5.75 Å². The molecule has 0 saturated heterocycles. The summed E-state index contributed by atoms with van der Waals surface area (Å²) in [7, 11) is 0. The van der Waals surface area contributed by atoms with Gasteiger partial charge in [-0.3, -0.25) is 9.59 Å². The van der Waals surface area contributed by atoms with E-state index < -0.39 is 11.9 Å². The molecular formula is C15H16ClNO4. The van der Waals surface area contributed by atoms with Gasteiger partial charge in [0.2, 0.25) is 0 Å². The van der Waals surface area contributed by atoms with Crippen LogP contribution >= 0.6 is 11.6 Å². The maximum atomic E-state index is 11.8. The lowest BCUT2D eigenvalue weighted by molar-refractivity contribution is -0.140. The number of carbonyl (C=O) groups is 2. The summed E-state index contributed by atoms with van der Waals surface area (Å²) < 4.78 is 5.38. The number of halogens is 1. The third-order valence-corrected chi connectivity index (χ3v) is 3.67. The molecule has 2 N–H and O–H groups in total. The molecule has 0 saturated carbocycles. The summed E-state index contributed by atoms with van der Waals surface area (Å²) in [6.45, 7) is 1.73. The van der Waals surface area contributed by atoms with Crippen LogP contribution in [0.4, 0.5) is 0 Å². The Morgan fingerprint density at radius 2 is 2.19 bits per heavy atom. The zero-order valence-corrected chi connectivity index (χ0v) is 12.3. The van der Waals surface area contributed by atoms with Crippen molar-refractivity contribution in [3.05, 3.63) is 40.9 Å². The van der Waals surface area contributed by atoms with Crippen molar-refractivity contribution in [2.24, 2.45) is 5.92 Å². The molecule has 1 aromatic rings. The largest absolute Gasteiger partial charge is 0.484 e.